The van der Waals surface area contributed by atoms with E-state index in [0.29, 0.717) is 6.04 Å². The minimum atomic E-state index is 0.483. The number of hydrogen-bond acceptors (Lipinski definition) is 3. The number of aromatic nitrogens is 3. The van der Waals surface area contributed by atoms with Crippen LogP contribution in [0, 0.1) is 0 Å². The molecular formula is C16H24N4. The van der Waals surface area contributed by atoms with E-state index >= 15 is 0 Å². The molecule has 0 unspecified atom stereocenters. The van der Waals surface area contributed by atoms with Crippen LogP contribution >= 0.6 is 0 Å². The van der Waals surface area contributed by atoms with Crippen LogP contribution in [0.25, 0.3) is 5.82 Å². The zero-order chi connectivity index (χ0) is 14.5. The van der Waals surface area contributed by atoms with Crippen LogP contribution in [-0.2, 0) is 19.4 Å². The van der Waals surface area contributed by atoms with Crippen molar-refractivity contribution in [2.75, 3.05) is 0 Å². The zero-order valence-corrected chi connectivity index (χ0v) is 12.8. The maximum absolute atomic E-state index is 4.73. The SMILES string of the molecule is CCc1cc(CNC(C)C)cc(-n2ccnc2CC)n1. The third-order valence-corrected chi connectivity index (χ3v) is 3.28. The second-order valence-electron chi connectivity index (χ2n) is 5.28. The smallest absolute Gasteiger partial charge is 0.138 e. The molecular weight excluding hydrogens is 248 g/mol. The highest BCUT2D eigenvalue weighted by Crippen LogP contribution is 2.14. The highest BCUT2D eigenvalue weighted by molar-refractivity contribution is 5.32. The molecule has 0 bridgehead atoms. The molecule has 0 aliphatic rings. The molecule has 108 valence electrons. The van der Waals surface area contributed by atoms with E-state index in [1.165, 1.54) is 5.56 Å². The van der Waals surface area contributed by atoms with E-state index in [-0.39, 0.29) is 0 Å². The van der Waals surface area contributed by atoms with Gasteiger partial charge in [-0.25, -0.2) is 9.97 Å². The normalized spacial score (nSPS) is 11.2. The second kappa shape index (κ2) is 6.66. The zero-order valence-electron chi connectivity index (χ0n) is 12.8. The fourth-order valence-corrected chi connectivity index (χ4v) is 2.17. The van der Waals surface area contributed by atoms with Crippen molar-refractivity contribution in [2.24, 2.45) is 0 Å². The minimum Gasteiger partial charge on any atom is -0.310 e. The minimum absolute atomic E-state index is 0.483. The van der Waals surface area contributed by atoms with Gasteiger partial charge in [-0.15, -0.1) is 0 Å². The number of pyridine rings is 1. The van der Waals surface area contributed by atoms with Gasteiger partial charge in [-0.2, -0.15) is 0 Å². The summed E-state index contributed by atoms with van der Waals surface area (Å²) in [6.45, 7) is 9.45. The van der Waals surface area contributed by atoms with Gasteiger partial charge in [0.2, 0.25) is 0 Å². The van der Waals surface area contributed by atoms with Crippen molar-refractivity contribution in [2.45, 2.75) is 53.1 Å². The van der Waals surface area contributed by atoms with E-state index in [1.807, 2.05) is 12.4 Å². The first kappa shape index (κ1) is 14.7. The Morgan fingerprint density at radius 1 is 1.20 bits per heavy atom. The van der Waals surface area contributed by atoms with Crippen molar-refractivity contribution in [1.29, 1.82) is 0 Å². The summed E-state index contributed by atoms with van der Waals surface area (Å²) in [5.41, 5.74) is 2.40. The molecule has 0 amide bonds. The molecule has 0 aliphatic heterocycles. The van der Waals surface area contributed by atoms with Crippen LogP contribution in [0.1, 0.15) is 44.8 Å². The summed E-state index contributed by atoms with van der Waals surface area (Å²) in [6, 6.07) is 4.81. The summed E-state index contributed by atoms with van der Waals surface area (Å²) in [5, 5.41) is 3.46. The molecule has 0 radical (unpaired) electrons. The Hall–Kier alpha value is -1.68. The van der Waals surface area contributed by atoms with Gasteiger partial charge in [0.25, 0.3) is 0 Å². The molecule has 0 aliphatic carbocycles. The predicted molar refractivity (Wildman–Crippen MR) is 82.1 cm³/mol. The fraction of sp³-hybridized carbons (Fsp3) is 0.500. The van der Waals surface area contributed by atoms with E-state index in [0.717, 1.165) is 36.7 Å². The maximum atomic E-state index is 4.73. The third kappa shape index (κ3) is 3.45. The van der Waals surface area contributed by atoms with Crippen LogP contribution in [0.3, 0.4) is 0 Å². The molecule has 0 saturated carbocycles. The van der Waals surface area contributed by atoms with Crippen molar-refractivity contribution in [3.8, 4) is 5.82 Å². The van der Waals surface area contributed by atoms with Crippen molar-refractivity contribution < 1.29 is 0 Å². The number of nitrogens with zero attached hydrogens (tertiary/aromatic N) is 3. The van der Waals surface area contributed by atoms with Crippen molar-refractivity contribution in [3.63, 3.8) is 0 Å². The maximum Gasteiger partial charge on any atom is 0.138 e. The Morgan fingerprint density at radius 3 is 2.65 bits per heavy atom. The van der Waals surface area contributed by atoms with E-state index in [9.17, 15) is 0 Å². The van der Waals surface area contributed by atoms with Crippen LogP contribution in [0.4, 0.5) is 0 Å². The van der Waals surface area contributed by atoms with E-state index in [4.69, 9.17) is 4.98 Å². The molecule has 1 N–H and O–H groups in total. The molecule has 2 heterocycles. The topological polar surface area (TPSA) is 42.7 Å². The summed E-state index contributed by atoms with van der Waals surface area (Å²) in [6.07, 6.45) is 5.68. The molecule has 0 spiro atoms. The van der Waals surface area contributed by atoms with E-state index in [2.05, 4.69) is 54.7 Å². The Bertz CT molecular complexity index is 557. The predicted octanol–water partition coefficient (Wildman–Crippen LogP) is 2.89. The Labute approximate surface area is 121 Å². The van der Waals surface area contributed by atoms with Gasteiger partial charge in [0.05, 0.1) is 0 Å². The number of imidazole rings is 1. The highest BCUT2D eigenvalue weighted by Gasteiger charge is 2.08. The number of nitrogens with one attached hydrogen (secondary N) is 1. The molecule has 0 atom stereocenters. The lowest BCUT2D eigenvalue weighted by atomic mass is 10.2. The first-order chi connectivity index (χ1) is 9.63. The van der Waals surface area contributed by atoms with Gasteiger partial charge in [0.1, 0.15) is 11.6 Å². The molecule has 0 saturated heterocycles. The molecule has 2 rings (SSSR count). The lowest BCUT2D eigenvalue weighted by Gasteiger charge is -2.12. The summed E-state index contributed by atoms with van der Waals surface area (Å²) < 4.78 is 2.08. The van der Waals surface area contributed by atoms with Gasteiger partial charge in [-0.3, -0.25) is 4.57 Å². The molecule has 2 aromatic rings. The number of aryl methyl sites for hydroxylation is 2. The summed E-state index contributed by atoms with van der Waals surface area (Å²) >= 11 is 0. The van der Waals surface area contributed by atoms with E-state index < -0.39 is 0 Å². The molecule has 0 fully saturated rings. The average molecular weight is 272 g/mol. The van der Waals surface area contributed by atoms with Crippen LogP contribution in [-0.4, -0.2) is 20.6 Å². The summed E-state index contributed by atoms with van der Waals surface area (Å²) in [5.74, 6) is 2.02. The van der Waals surface area contributed by atoms with Crippen LogP contribution in [0.2, 0.25) is 0 Å². The first-order valence-corrected chi connectivity index (χ1v) is 7.39. The molecule has 20 heavy (non-hydrogen) atoms. The third-order valence-electron chi connectivity index (χ3n) is 3.28. The molecule has 2 aromatic heterocycles. The van der Waals surface area contributed by atoms with E-state index in [1.54, 1.807) is 0 Å². The second-order valence-corrected chi connectivity index (χ2v) is 5.28. The highest BCUT2D eigenvalue weighted by atomic mass is 15.1. The van der Waals surface area contributed by atoms with Crippen molar-refractivity contribution >= 4 is 0 Å². The summed E-state index contributed by atoms with van der Waals surface area (Å²) in [4.78, 5) is 9.10. The van der Waals surface area contributed by atoms with Crippen molar-refractivity contribution in [1.82, 2.24) is 19.9 Å². The standard InChI is InChI=1S/C16H24N4/c1-5-14-9-13(11-18-12(3)4)10-16(19-14)20-8-7-17-15(20)6-2/h7-10,12,18H,5-6,11H2,1-4H3. The first-order valence-electron chi connectivity index (χ1n) is 7.39. The van der Waals surface area contributed by atoms with Crippen molar-refractivity contribution in [3.05, 3.63) is 41.6 Å². The van der Waals surface area contributed by atoms with Gasteiger partial charge >= 0.3 is 0 Å². The quantitative estimate of drug-likeness (QED) is 0.879. The van der Waals surface area contributed by atoms with Gasteiger partial charge in [-0.1, -0.05) is 27.7 Å². The largest absolute Gasteiger partial charge is 0.310 e. The Balaban J connectivity index is 2.35. The fourth-order valence-electron chi connectivity index (χ4n) is 2.17. The van der Waals surface area contributed by atoms with Crippen LogP contribution < -0.4 is 5.32 Å². The molecule has 4 nitrogen and oxygen atoms in total. The lowest BCUT2D eigenvalue weighted by molar-refractivity contribution is 0.587. The number of hydrogen-bond donors (Lipinski definition) is 1. The molecule has 4 heteroatoms. The Morgan fingerprint density at radius 2 is 2.00 bits per heavy atom. The van der Waals surface area contributed by atoms with Gasteiger partial charge in [-0.05, 0) is 24.1 Å². The molecule has 0 aromatic carbocycles. The monoisotopic (exact) mass is 272 g/mol. The lowest BCUT2D eigenvalue weighted by Crippen LogP contribution is -2.22. The van der Waals surface area contributed by atoms with Gasteiger partial charge in [0, 0.05) is 37.1 Å². The van der Waals surface area contributed by atoms with Crippen LogP contribution in [0.15, 0.2) is 24.5 Å². The van der Waals surface area contributed by atoms with Gasteiger partial charge < -0.3 is 5.32 Å². The van der Waals surface area contributed by atoms with Gasteiger partial charge in [0.15, 0.2) is 0 Å². The number of rotatable bonds is 6. The van der Waals surface area contributed by atoms with Crippen LogP contribution in [0.5, 0.6) is 0 Å². The summed E-state index contributed by atoms with van der Waals surface area (Å²) in [7, 11) is 0. The average Bonchev–Trinajstić information content (AvgIpc) is 2.93. The Kier molecular flexibility index (Phi) is 4.90.